The van der Waals surface area contributed by atoms with Gasteiger partial charge in [-0.1, -0.05) is 18.2 Å². The van der Waals surface area contributed by atoms with Crippen molar-refractivity contribution in [2.24, 2.45) is 0 Å². The molecule has 0 atom stereocenters. The predicted octanol–water partition coefficient (Wildman–Crippen LogP) is 5.45. The average molecular weight is 365 g/mol. The number of fused-ring (bicyclic) bond motifs is 1. The number of thiophene rings is 1. The lowest BCUT2D eigenvalue weighted by atomic mass is 10.2. The van der Waals surface area contributed by atoms with Gasteiger partial charge in [0.15, 0.2) is 0 Å². The molecular formula is C20H15NO4S. The Morgan fingerprint density at radius 3 is 2.19 bits per heavy atom. The molecule has 0 amide bonds. The van der Waals surface area contributed by atoms with Crippen LogP contribution >= 0.6 is 11.3 Å². The summed E-state index contributed by atoms with van der Waals surface area (Å²) >= 11 is 1.45. The highest BCUT2D eigenvalue weighted by atomic mass is 32.1. The summed E-state index contributed by atoms with van der Waals surface area (Å²) in [6, 6.07) is 16.5. The van der Waals surface area contributed by atoms with Crippen LogP contribution in [0.2, 0.25) is 0 Å². The fourth-order valence-corrected chi connectivity index (χ4v) is 3.51. The number of para-hydroxylation sites is 1. The Balaban J connectivity index is 1.56. The second-order valence-electron chi connectivity index (χ2n) is 5.72. The molecule has 0 aliphatic rings. The van der Waals surface area contributed by atoms with E-state index >= 15 is 0 Å². The molecule has 0 unspecified atom stereocenters. The van der Waals surface area contributed by atoms with Crippen molar-refractivity contribution in [2.75, 3.05) is 0 Å². The molecule has 2 aromatic carbocycles. The summed E-state index contributed by atoms with van der Waals surface area (Å²) in [5.41, 5.74) is 0.469. The maximum absolute atomic E-state index is 12.2. The molecule has 0 fully saturated rings. The van der Waals surface area contributed by atoms with Crippen molar-refractivity contribution in [2.45, 2.75) is 13.8 Å². The molecule has 4 aromatic rings. The van der Waals surface area contributed by atoms with Crippen molar-refractivity contribution in [3.63, 3.8) is 0 Å². The van der Waals surface area contributed by atoms with Gasteiger partial charge in [0.05, 0.1) is 0 Å². The molecule has 0 bridgehead atoms. The van der Waals surface area contributed by atoms with E-state index < -0.39 is 5.63 Å². The number of nitrogens with zero attached hydrogens (tertiary/aromatic N) is 1. The molecule has 0 spiro atoms. The van der Waals surface area contributed by atoms with Crippen LogP contribution in [0.15, 0.2) is 63.8 Å². The van der Waals surface area contributed by atoms with Gasteiger partial charge in [0.1, 0.15) is 27.5 Å². The van der Waals surface area contributed by atoms with Gasteiger partial charge in [-0.15, -0.1) is 11.3 Å². The largest absolute Gasteiger partial charge is 0.457 e. The van der Waals surface area contributed by atoms with E-state index in [-0.39, 0.29) is 6.08 Å². The van der Waals surface area contributed by atoms with Crippen molar-refractivity contribution >= 4 is 21.6 Å². The van der Waals surface area contributed by atoms with Gasteiger partial charge < -0.3 is 13.9 Å². The van der Waals surface area contributed by atoms with Crippen LogP contribution in [0.1, 0.15) is 10.4 Å². The molecule has 2 aromatic heterocycles. The molecule has 0 aliphatic carbocycles. The zero-order valence-electron chi connectivity index (χ0n) is 14.2. The molecule has 0 saturated carbocycles. The van der Waals surface area contributed by atoms with Gasteiger partial charge in [-0.25, -0.2) is 4.79 Å². The van der Waals surface area contributed by atoms with E-state index in [1.54, 1.807) is 24.3 Å². The first kappa shape index (κ1) is 16.4. The topological polar surface area (TPSA) is 61.6 Å². The van der Waals surface area contributed by atoms with Crippen LogP contribution in [0.3, 0.4) is 0 Å². The number of aromatic nitrogens is 1. The van der Waals surface area contributed by atoms with Crippen LogP contribution in [0.4, 0.5) is 0 Å². The number of aryl methyl sites for hydroxylation is 2. The summed E-state index contributed by atoms with van der Waals surface area (Å²) in [7, 11) is 0. The summed E-state index contributed by atoms with van der Waals surface area (Å²) in [6.07, 6.45) is -0.0690. The van der Waals surface area contributed by atoms with Gasteiger partial charge in [0.2, 0.25) is 0 Å². The molecule has 5 nitrogen and oxygen atoms in total. The van der Waals surface area contributed by atoms with Crippen molar-refractivity contribution in [1.82, 2.24) is 4.98 Å². The molecular weight excluding hydrogens is 350 g/mol. The molecule has 0 N–H and O–H groups in total. The minimum atomic E-state index is -0.434. The van der Waals surface area contributed by atoms with Crippen LogP contribution in [-0.4, -0.2) is 4.98 Å². The zero-order chi connectivity index (χ0) is 18.1. The number of ether oxygens (including phenoxy) is 2. The van der Waals surface area contributed by atoms with Crippen molar-refractivity contribution in [3.8, 4) is 23.3 Å². The average Bonchev–Trinajstić information content (AvgIpc) is 2.92. The summed E-state index contributed by atoms with van der Waals surface area (Å²) in [4.78, 5) is 18.1. The maximum atomic E-state index is 12.2. The Morgan fingerprint density at radius 2 is 1.50 bits per heavy atom. The monoisotopic (exact) mass is 365 g/mol. The van der Waals surface area contributed by atoms with E-state index in [1.807, 2.05) is 44.2 Å². The summed E-state index contributed by atoms with van der Waals surface area (Å²) in [5, 5.41) is 0.520. The molecule has 2 heterocycles. The first-order chi connectivity index (χ1) is 12.6. The van der Waals surface area contributed by atoms with E-state index in [4.69, 9.17) is 13.9 Å². The number of benzene rings is 2. The molecule has 4 rings (SSSR count). The van der Waals surface area contributed by atoms with Gasteiger partial charge in [-0.2, -0.15) is 4.98 Å². The highest BCUT2D eigenvalue weighted by molar-refractivity contribution is 7.18. The Kier molecular flexibility index (Phi) is 4.18. The maximum Gasteiger partial charge on any atom is 0.403 e. The lowest BCUT2D eigenvalue weighted by molar-refractivity contribution is 0.307. The number of hydrogen-bond acceptors (Lipinski definition) is 6. The standard InChI is InChI=1S/C20H15NO4S/c1-12-13(2)26-18-17(12)19(22)25-20(21-18)24-16-10-8-15(9-11-16)23-14-6-4-3-5-7-14/h3-11H,1-2H3. The Bertz CT molecular complexity index is 1110. The fraction of sp³-hybridized carbons (Fsp3) is 0.100. The third kappa shape index (κ3) is 3.19. The quantitative estimate of drug-likeness (QED) is 0.481. The third-order valence-corrected chi connectivity index (χ3v) is 5.05. The van der Waals surface area contributed by atoms with E-state index in [0.29, 0.717) is 21.7 Å². The number of hydrogen-bond donors (Lipinski definition) is 0. The Labute approximate surface area is 153 Å². The zero-order valence-corrected chi connectivity index (χ0v) is 15.0. The second kappa shape index (κ2) is 6.65. The van der Waals surface area contributed by atoms with Gasteiger partial charge >= 0.3 is 11.7 Å². The Morgan fingerprint density at radius 1 is 0.885 bits per heavy atom. The van der Waals surface area contributed by atoms with Gasteiger partial charge in [0, 0.05) is 4.88 Å². The second-order valence-corrected chi connectivity index (χ2v) is 6.92. The van der Waals surface area contributed by atoms with E-state index in [9.17, 15) is 4.79 Å². The Hall–Kier alpha value is -3.12. The van der Waals surface area contributed by atoms with Crippen molar-refractivity contribution in [1.29, 1.82) is 0 Å². The van der Waals surface area contributed by atoms with Gasteiger partial charge in [0.25, 0.3) is 0 Å². The van der Waals surface area contributed by atoms with E-state index in [2.05, 4.69) is 4.98 Å². The smallest absolute Gasteiger partial charge is 0.403 e. The highest BCUT2D eigenvalue weighted by Crippen LogP contribution is 2.30. The lowest BCUT2D eigenvalue weighted by Gasteiger charge is -2.07. The normalized spacial score (nSPS) is 10.8. The molecule has 130 valence electrons. The van der Waals surface area contributed by atoms with Crippen LogP contribution in [0.25, 0.3) is 10.2 Å². The lowest BCUT2D eigenvalue weighted by Crippen LogP contribution is -2.02. The third-order valence-electron chi connectivity index (χ3n) is 3.95. The van der Waals surface area contributed by atoms with E-state index in [1.165, 1.54) is 11.3 Å². The fourth-order valence-electron chi connectivity index (χ4n) is 2.51. The summed E-state index contributed by atoms with van der Waals surface area (Å²) in [5.74, 6) is 1.94. The molecule has 26 heavy (non-hydrogen) atoms. The molecule has 0 radical (unpaired) electrons. The van der Waals surface area contributed by atoms with E-state index in [0.717, 1.165) is 16.2 Å². The van der Waals surface area contributed by atoms with Gasteiger partial charge in [-0.3, -0.25) is 0 Å². The molecule has 0 aliphatic heterocycles. The number of rotatable bonds is 4. The van der Waals surface area contributed by atoms with Crippen molar-refractivity contribution < 1.29 is 13.9 Å². The van der Waals surface area contributed by atoms with Crippen molar-refractivity contribution in [3.05, 3.63) is 75.5 Å². The summed E-state index contributed by atoms with van der Waals surface area (Å²) in [6.45, 7) is 3.84. The minimum absolute atomic E-state index is 0.0690. The van der Waals surface area contributed by atoms with Crippen LogP contribution in [0, 0.1) is 13.8 Å². The highest BCUT2D eigenvalue weighted by Gasteiger charge is 2.14. The van der Waals surface area contributed by atoms with Gasteiger partial charge in [-0.05, 0) is 55.8 Å². The molecule has 0 saturated heterocycles. The summed E-state index contributed by atoms with van der Waals surface area (Å²) < 4.78 is 16.5. The van der Waals surface area contributed by atoms with Crippen LogP contribution < -0.4 is 15.1 Å². The first-order valence-electron chi connectivity index (χ1n) is 8.02. The SMILES string of the molecule is Cc1sc2nc(Oc3ccc(Oc4ccccc4)cc3)oc(=O)c2c1C. The molecule has 6 heteroatoms. The van der Waals surface area contributed by atoms with Crippen LogP contribution in [-0.2, 0) is 0 Å². The minimum Gasteiger partial charge on any atom is -0.457 e. The van der Waals surface area contributed by atoms with Crippen LogP contribution in [0.5, 0.6) is 23.3 Å². The predicted molar refractivity (Wildman–Crippen MR) is 101 cm³/mol. The first-order valence-corrected chi connectivity index (χ1v) is 8.83.